The molecule has 0 aromatic carbocycles. The highest BCUT2D eigenvalue weighted by molar-refractivity contribution is 6.35. The second-order valence-electron chi connectivity index (χ2n) is 15.4. The van der Waals surface area contributed by atoms with E-state index in [-0.39, 0.29) is 0 Å². The summed E-state index contributed by atoms with van der Waals surface area (Å²) in [6.45, 7) is 16.0. The zero-order valence-electron chi connectivity index (χ0n) is 21.7. The van der Waals surface area contributed by atoms with Gasteiger partial charge in [0.1, 0.15) is 7.28 Å². The minimum absolute atomic E-state index is 0.595. The summed E-state index contributed by atoms with van der Waals surface area (Å²) < 4.78 is 0. The molecule has 0 amide bonds. The summed E-state index contributed by atoms with van der Waals surface area (Å²) in [5.74, 6) is 8.22. The minimum atomic E-state index is 0.595. The van der Waals surface area contributed by atoms with Gasteiger partial charge in [0.05, 0.1) is 0 Å². The summed E-state index contributed by atoms with van der Waals surface area (Å²) in [5, 5.41) is 0. The van der Waals surface area contributed by atoms with Crippen LogP contribution in [0, 0.1) is 69.0 Å². The SMILES string of the molecule is CC1(C)CCC[C@]2(C)[C@H](C[B]C[C@H]3[C@@H]4CC[C@@H]5[C@H]4C(C)(C)CCC[C@@]53C)[C@@H]3CC[C@@H]2[C@H]31. The Morgan fingerprint density at radius 3 is 1.42 bits per heavy atom. The Balaban J connectivity index is 1.18. The van der Waals surface area contributed by atoms with Gasteiger partial charge >= 0.3 is 0 Å². The van der Waals surface area contributed by atoms with Gasteiger partial charge in [0, 0.05) is 0 Å². The first kappa shape index (κ1) is 21.6. The number of rotatable bonds is 4. The van der Waals surface area contributed by atoms with Crippen molar-refractivity contribution in [3.05, 3.63) is 0 Å². The lowest BCUT2D eigenvalue weighted by Crippen LogP contribution is -2.36. The predicted octanol–water partition coefficient (Wildman–Crippen LogP) is 8.50. The highest BCUT2D eigenvalue weighted by Crippen LogP contribution is 2.73. The number of hydrogen-bond acceptors (Lipinski definition) is 0. The lowest BCUT2D eigenvalue weighted by Gasteiger charge is -2.44. The van der Waals surface area contributed by atoms with Gasteiger partial charge in [0.15, 0.2) is 0 Å². The van der Waals surface area contributed by atoms with E-state index in [4.69, 9.17) is 0 Å². The van der Waals surface area contributed by atoms with E-state index in [1.54, 1.807) is 25.7 Å². The predicted molar refractivity (Wildman–Crippen MR) is 133 cm³/mol. The normalized spacial score (nSPS) is 55.8. The van der Waals surface area contributed by atoms with Crippen molar-refractivity contribution in [1.82, 2.24) is 0 Å². The molecule has 1 radical (unpaired) electrons. The van der Waals surface area contributed by atoms with Crippen LogP contribution in [0.1, 0.15) is 106 Å². The van der Waals surface area contributed by atoms with Crippen LogP contribution >= 0.6 is 0 Å². The van der Waals surface area contributed by atoms with Crippen molar-refractivity contribution in [2.45, 2.75) is 118 Å². The average molecular weight is 422 g/mol. The molecule has 0 aliphatic heterocycles. The summed E-state index contributed by atoms with van der Waals surface area (Å²) in [6.07, 6.45) is 18.1. The molecule has 31 heavy (non-hydrogen) atoms. The van der Waals surface area contributed by atoms with Crippen molar-refractivity contribution >= 4 is 7.28 Å². The average Bonchev–Trinajstić information content (AvgIpc) is 3.37. The molecule has 10 atom stereocenters. The van der Waals surface area contributed by atoms with Crippen LogP contribution in [-0.4, -0.2) is 7.28 Å². The highest BCUT2D eigenvalue weighted by atomic mass is 14.7. The standard InChI is InChI=1S/C30H50B/c1-27(2)13-7-15-29(5)21-11-9-19(25(21)27)23(29)17-31-18-24-20-10-12-22-26(20)28(3,4)14-8-16-30(22,24)6/h19-26H,7-18H2,1-6H3/t19-,20-,21+,22+,23-,24+,25-,26-,29-,30-/m0/s1. The third kappa shape index (κ3) is 2.79. The van der Waals surface area contributed by atoms with Gasteiger partial charge < -0.3 is 0 Å². The van der Waals surface area contributed by atoms with Gasteiger partial charge in [0.2, 0.25) is 0 Å². The minimum Gasteiger partial charge on any atom is -0.0767 e. The second kappa shape index (κ2) is 6.81. The molecule has 1 heteroatoms. The molecule has 0 aromatic rings. The van der Waals surface area contributed by atoms with E-state index in [0.29, 0.717) is 21.7 Å². The maximum atomic E-state index is 2.88. The molecule has 6 saturated carbocycles. The van der Waals surface area contributed by atoms with Crippen molar-refractivity contribution < 1.29 is 0 Å². The van der Waals surface area contributed by atoms with Gasteiger partial charge in [-0.1, -0.05) is 67.0 Å². The van der Waals surface area contributed by atoms with Crippen LogP contribution in [0.5, 0.6) is 0 Å². The topological polar surface area (TPSA) is 0 Å². The monoisotopic (exact) mass is 421 g/mol. The van der Waals surface area contributed by atoms with E-state index >= 15 is 0 Å². The van der Waals surface area contributed by atoms with Gasteiger partial charge in [0.25, 0.3) is 0 Å². The smallest absolute Gasteiger partial charge is 0.0767 e. The molecule has 173 valence electrons. The van der Waals surface area contributed by atoms with Crippen LogP contribution in [0.2, 0.25) is 12.6 Å². The fourth-order valence-corrected chi connectivity index (χ4v) is 12.5. The van der Waals surface area contributed by atoms with Gasteiger partial charge in [-0.25, -0.2) is 0 Å². The maximum absolute atomic E-state index is 2.88. The summed E-state index contributed by atoms with van der Waals surface area (Å²) in [6, 6.07) is 0. The van der Waals surface area contributed by atoms with Crippen LogP contribution in [-0.2, 0) is 0 Å². The van der Waals surface area contributed by atoms with Crippen LogP contribution in [0.3, 0.4) is 0 Å². The molecule has 0 heterocycles. The molecule has 0 nitrogen and oxygen atoms in total. The first-order valence-electron chi connectivity index (χ1n) is 14.4. The number of hydrogen-bond donors (Lipinski definition) is 0. The molecule has 0 N–H and O–H groups in total. The third-order valence-corrected chi connectivity index (χ3v) is 13.6. The second-order valence-corrected chi connectivity index (χ2v) is 15.4. The lowest BCUT2D eigenvalue weighted by molar-refractivity contribution is 0.0939. The Labute approximate surface area is 194 Å². The Hall–Kier alpha value is 0.0649. The van der Waals surface area contributed by atoms with Crippen molar-refractivity contribution in [3.8, 4) is 0 Å². The maximum Gasteiger partial charge on any atom is 0.110 e. The molecule has 0 spiro atoms. The van der Waals surface area contributed by atoms with Crippen molar-refractivity contribution in [3.63, 3.8) is 0 Å². The first-order chi connectivity index (χ1) is 14.6. The molecule has 6 aliphatic rings. The molecular weight excluding hydrogens is 371 g/mol. The van der Waals surface area contributed by atoms with Gasteiger partial charge in [-0.2, -0.15) is 0 Å². The Morgan fingerprint density at radius 2 is 1.00 bits per heavy atom. The Kier molecular flexibility index (Phi) is 4.74. The van der Waals surface area contributed by atoms with E-state index in [1.807, 2.05) is 0 Å². The molecule has 0 saturated heterocycles. The van der Waals surface area contributed by atoms with Crippen molar-refractivity contribution in [1.29, 1.82) is 0 Å². The van der Waals surface area contributed by atoms with Gasteiger partial charge in [-0.15, -0.1) is 0 Å². The van der Waals surface area contributed by atoms with Crippen molar-refractivity contribution in [2.24, 2.45) is 69.0 Å². The summed E-state index contributed by atoms with van der Waals surface area (Å²) >= 11 is 0. The Bertz CT molecular complexity index is 662. The summed E-state index contributed by atoms with van der Waals surface area (Å²) in [7, 11) is 2.88. The molecule has 0 aromatic heterocycles. The molecule has 6 aliphatic carbocycles. The third-order valence-electron chi connectivity index (χ3n) is 13.6. The zero-order chi connectivity index (χ0) is 21.8. The van der Waals surface area contributed by atoms with E-state index in [2.05, 4.69) is 48.8 Å². The summed E-state index contributed by atoms with van der Waals surface area (Å²) in [5.41, 5.74) is 2.51. The van der Waals surface area contributed by atoms with E-state index in [9.17, 15) is 0 Å². The molecule has 8 bridgehead atoms. The quantitative estimate of drug-likeness (QED) is 0.399. The van der Waals surface area contributed by atoms with Crippen LogP contribution in [0.15, 0.2) is 0 Å². The van der Waals surface area contributed by atoms with E-state index in [0.717, 1.165) is 47.3 Å². The fraction of sp³-hybridized carbons (Fsp3) is 1.00. The highest BCUT2D eigenvalue weighted by Gasteiger charge is 2.66. The van der Waals surface area contributed by atoms with E-state index in [1.165, 1.54) is 51.2 Å². The van der Waals surface area contributed by atoms with Crippen LogP contribution < -0.4 is 0 Å². The Morgan fingerprint density at radius 1 is 0.581 bits per heavy atom. The molecule has 6 fully saturated rings. The largest absolute Gasteiger partial charge is 0.110 e. The molecule has 6 rings (SSSR count). The van der Waals surface area contributed by atoms with Crippen LogP contribution in [0.25, 0.3) is 0 Å². The van der Waals surface area contributed by atoms with Gasteiger partial charge in [-0.05, 0) is 120 Å². The molecular formula is C30H50B. The lowest BCUT2D eigenvalue weighted by atomic mass is 9.50. The summed E-state index contributed by atoms with van der Waals surface area (Å²) in [4.78, 5) is 0. The fourth-order valence-electron chi connectivity index (χ4n) is 12.5. The first-order valence-corrected chi connectivity index (χ1v) is 14.4. The van der Waals surface area contributed by atoms with E-state index < -0.39 is 0 Å². The van der Waals surface area contributed by atoms with Crippen molar-refractivity contribution in [2.75, 3.05) is 0 Å². The molecule has 0 unspecified atom stereocenters. The van der Waals surface area contributed by atoms with Crippen LogP contribution in [0.4, 0.5) is 0 Å². The zero-order valence-corrected chi connectivity index (χ0v) is 21.7. The van der Waals surface area contributed by atoms with Gasteiger partial charge in [-0.3, -0.25) is 0 Å².